The van der Waals surface area contributed by atoms with E-state index in [1.807, 2.05) is 48.5 Å². The number of nitrogens with zero attached hydrogens (tertiary/aromatic N) is 1. The van der Waals surface area contributed by atoms with Crippen LogP contribution in [0.15, 0.2) is 48.5 Å². The summed E-state index contributed by atoms with van der Waals surface area (Å²) in [4.78, 5) is 29.6. The van der Waals surface area contributed by atoms with Crippen molar-refractivity contribution in [3.8, 4) is 5.75 Å². The Balaban J connectivity index is 1.81. The smallest absolute Gasteiger partial charge is 0.325 e. The van der Waals surface area contributed by atoms with Crippen molar-refractivity contribution in [3.63, 3.8) is 0 Å². The number of methoxy groups -OCH3 is 2. The standard InChI is InChI=1S/C25H24N2O4/c1-30-18-12-10-16(11-13-18)14-17-6-5-8-20-23(25(29)26-15-22(28)31-2)19-7-3-4-9-21(19)27-24(17)20/h3-4,7,9-14H,5-6,8,15H2,1-2H3,(H,26,29)/b17-14+. The first kappa shape index (κ1) is 20.6. The fourth-order valence-electron chi connectivity index (χ4n) is 3.95. The summed E-state index contributed by atoms with van der Waals surface area (Å²) in [6.07, 6.45) is 4.68. The number of allylic oxidation sites excluding steroid dienone is 1. The van der Waals surface area contributed by atoms with E-state index in [2.05, 4.69) is 16.1 Å². The Morgan fingerprint density at radius 1 is 1.06 bits per heavy atom. The molecule has 6 heteroatoms. The molecule has 3 aromatic rings. The molecular weight excluding hydrogens is 392 g/mol. The Bertz CT molecular complexity index is 1170. The number of carbonyl (C=O) groups is 2. The second-order valence-electron chi connectivity index (χ2n) is 7.39. The summed E-state index contributed by atoms with van der Waals surface area (Å²) >= 11 is 0. The number of para-hydroxylation sites is 1. The lowest BCUT2D eigenvalue weighted by atomic mass is 9.85. The van der Waals surface area contributed by atoms with Gasteiger partial charge < -0.3 is 14.8 Å². The van der Waals surface area contributed by atoms with Gasteiger partial charge in [-0.3, -0.25) is 9.59 Å². The molecule has 0 fully saturated rings. The topological polar surface area (TPSA) is 77.5 Å². The number of carbonyl (C=O) groups excluding carboxylic acids is 2. The molecule has 4 rings (SSSR count). The van der Waals surface area contributed by atoms with E-state index < -0.39 is 5.97 Å². The van der Waals surface area contributed by atoms with Crippen LogP contribution in [0.4, 0.5) is 0 Å². The molecule has 1 aromatic heterocycles. The molecule has 0 radical (unpaired) electrons. The fraction of sp³-hybridized carbons (Fsp3) is 0.240. The number of amides is 1. The maximum absolute atomic E-state index is 13.1. The largest absolute Gasteiger partial charge is 0.497 e. The lowest BCUT2D eigenvalue weighted by molar-refractivity contribution is -0.139. The van der Waals surface area contributed by atoms with Crippen LogP contribution in [0.25, 0.3) is 22.6 Å². The highest BCUT2D eigenvalue weighted by molar-refractivity contribution is 6.09. The number of rotatable bonds is 5. The van der Waals surface area contributed by atoms with Crippen molar-refractivity contribution in [2.45, 2.75) is 19.3 Å². The van der Waals surface area contributed by atoms with Gasteiger partial charge in [0.15, 0.2) is 0 Å². The van der Waals surface area contributed by atoms with E-state index in [4.69, 9.17) is 9.72 Å². The molecule has 6 nitrogen and oxygen atoms in total. The summed E-state index contributed by atoms with van der Waals surface area (Å²) in [5.74, 6) is 0.0338. The number of esters is 1. The molecule has 1 aliphatic carbocycles. The van der Waals surface area contributed by atoms with Crippen molar-refractivity contribution in [2.24, 2.45) is 0 Å². The van der Waals surface area contributed by atoms with Crippen LogP contribution in [0.2, 0.25) is 0 Å². The van der Waals surface area contributed by atoms with Gasteiger partial charge in [0.25, 0.3) is 5.91 Å². The molecule has 1 N–H and O–H groups in total. The minimum Gasteiger partial charge on any atom is -0.497 e. The maximum atomic E-state index is 13.1. The van der Waals surface area contributed by atoms with Crippen LogP contribution in [0.1, 0.15) is 40.0 Å². The number of fused-ring (bicyclic) bond motifs is 2. The molecule has 0 saturated carbocycles. The van der Waals surface area contributed by atoms with E-state index in [-0.39, 0.29) is 12.5 Å². The molecule has 1 amide bonds. The summed E-state index contributed by atoms with van der Waals surface area (Å²) < 4.78 is 9.90. The van der Waals surface area contributed by atoms with E-state index in [0.29, 0.717) is 5.56 Å². The van der Waals surface area contributed by atoms with Crippen molar-refractivity contribution in [3.05, 3.63) is 70.9 Å². The van der Waals surface area contributed by atoms with Crippen LogP contribution in [0, 0.1) is 0 Å². The van der Waals surface area contributed by atoms with Crippen LogP contribution in [0.3, 0.4) is 0 Å². The molecule has 0 spiro atoms. The van der Waals surface area contributed by atoms with Crippen LogP contribution in [-0.4, -0.2) is 37.6 Å². The Morgan fingerprint density at radius 2 is 1.84 bits per heavy atom. The Kier molecular flexibility index (Phi) is 5.98. The lowest BCUT2D eigenvalue weighted by Gasteiger charge is -2.22. The van der Waals surface area contributed by atoms with Gasteiger partial charge in [-0.05, 0) is 60.2 Å². The van der Waals surface area contributed by atoms with Crippen LogP contribution in [0.5, 0.6) is 5.75 Å². The van der Waals surface area contributed by atoms with Crippen LogP contribution >= 0.6 is 0 Å². The molecule has 0 saturated heterocycles. The molecule has 0 atom stereocenters. The third-order valence-electron chi connectivity index (χ3n) is 5.48. The van der Waals surface area contributed by atoms with Gasteiger partial charge in [-0.1, -0.05) is 30.3 Å². The zero-order chi connectivity index (χ0) is 21.8. The Labute approximate surface area is 180 Å². The molecule has 1 heterocycles. The number of aromatic nitrogens is 1. The number of benzene rings is 2. The van der Waals surface area contributed by atoms with Crippen molar-refractivity contribution in [1.82, 2.24) is 10.3 Å². The maximum Gasteiger partial charge on any atom is 0.325 e. The number of nitrogens with one attached hydrogen (secondary N) is 1. The van der Waals surface area contributed by atoms with Gasteiger partial charge in [0.1, 0.15) is 12.3 Å². The highest BCUT2D eigenvalue weighted by Gasteiger charge is 2.25. The Hall–Kier alpha value is -3.67. The second-order valence-corrected chi connectivity index (χ2v) is 7.39. The van der Waals surface area contributed by atoms with Crippen molar-refractivity contribution in [1.29, 1.82) is 0 Å². The van der Waals surface area contributed by atoms with E-state index in [9.17, 15) is 9.59 Å². The third-order valence-corrected chi connectivity index (χ3v) is 5.48. The SMILES string of the molecule is COC(=O)CNC(=O)c1c2c(nc3ccccc13)/C(=C/c1ccc(OC)cc1)CCC2. The van der Waals surface area contributed by atoms with Crippen molar-refractivity contribution < 1.29 is 19.1 Å². The van der Waals surface area contributed by atoms with Crippen LogP contribution < -0.4 is 10.1 Å². The van der Waals surface area contributed by atoms with Gasteiger partial charge >= 0.3 is 5.97 Å². The number of hydrogen-bond acceptors (Lipinski definition) is 5. The average Bonchev–Trinajstić information content (AvgIpc) is 2.81. The van der Waals surface area contributed by atoms with Gasteiger partial charge in [-0.25, -0.2) is 4.98 Å². The normalized spacial score (nSPS) is 14.2. The summed E-state index contributed by atoms with van der Waals surface area (Å²) in [5.41, 5.74) is 5.27. The van der Waals surface area contributed by atoms with Gasteiger partial charge in [0.2, 0.25) is 0 Å². The zero-order valence-electron chi connectivity index (χ0n) is 17.6. The van der Waals surface area contributed by atoms with E-state index in [1.165, 1.54) is 7.11 Å². The quantitative estimate of drug-likeness (QED) is 0.636. The minimum absolute atomic E-state index is 0.171. The molecule has 31 heavy (non-hydrogen) atoms. The molecule has 2 aromatic carbocycles. The zero-order valence-corrected chi connectivity index (χ0v) is 17.6. The summed E-state index contributed by atoms with van der Waals surface area (Å²) in [7, 11) is 2.95. The molecular formula is C25H24N2O4. The summed E-state index contributed by atoms with van der Waals surface area (Å²) in [5, 5.41) is 3.48. The summed E-state index contributed by atoms with van der Waals surface area (Å²) in [6.45, 7) is -0.171. The first-order valence-corrected chi connectivity index (χ1v) is 10.2. The predicted molar refractivity (Wildman–Crippen MR) is 120 cm³/mol. The molecule has 1 aliphatic rings. The number of hydrogen-bond donors (Lipinski definition) is 1. The number of ether oxygens (including phenoxy) is 2. The fourth-order valence-corrected chi connectivity index (χ4v) is 3.95. The minimum atomic E-state index is -0.485. The predicted octanol–water partition coefficient (Wildman–Crippen LogP) is 4.02. The lowest BCUT2D eigenvalue weighted by Crippen LogP contribution is -2.31. The third kappa shape index (κ3) is 4.28. The van der Waals surface area contributed by atoms with Gasteiger partial charge in [-0.2, -0.15) is 0 Å². The Morgan fingerprint density at radius 3 is 2.58 bits per heavy atom. The first-order valence-electron chi connectivity index (χ1n) is 10.2. The van der Waals surface area contributed by atoms with Crippen LogP contribution in [-0.2, 0) is 16.0 Å². The van der Waals surface area contributed by atoms with E-state index >= 15 is 0 Å². The molecule has 0 unspecified atom stereocenters. The summed E-state index contributed by atoms with van der Waals surface area (Å²) in [6, 6.07) is 15.5. The highest BCUT2D eigenvalue weighted by atomic mass is 16.5. The molecule has 158 valence electrons. The first-order chi connectivity index (χ1) is 15.1. The van der Waals surface area contributed by atoms with Crippen molar-refractivity contribution >= 4 is 34.4 Å². The average molecular weight is 416 g/mol. The second kappa shape index (κ2) is 9.00. The van der Waals surface area contributed by atoms with Crippen molar-refractivity contribution in [2.75, 3.05) is 20.8 Å². The van der Waals surface area contributed by atoms with Gasteiger partial charge in [0.05, 0.1) is 31.0 Å². The van der Waals surface area contributed by atoms with E-state index in [0.717, 1.165) is 58.3 Å². The monoisotopic (exact) mass is 416 g/mol. The number of pyridine rings is 1. The van der Waals surface area contributed by atoms with Gasteiger partial charge in [0, 0.05) is 5.39 Å². The molecule has 0 bridgehead atoms. The molecule has 0 aliphatic heterocycles. The van der Waals surface area contributed by atoms with E-state index in [1.54, 1.807) is 7.11 Å². The van der Waals surface area contributed by atoms with Gasteiger partial charge in [-0.15, -0.1) is 0 Å². The highest BCUT2D eigenvalue weighted by Crippen LogP contribution is 2.36.